The maximum Gasteiger partial charge on any atom is 0.143 e. The highest BCUT2D eigenvalue weighted by Gasteiger charge is 2.10. The monoisotopic (exact) mass is 213 g/mol. The highest BCUT2D eigenvalue weighted by atomic mass is 15.0. The first-order valence-electron chi connectivity index (χ1n) is 5.64. The molecule has 0 radical (unpaired) electrons. The molecule has 16 heavy (non-hydrogen) atoms. The van der Waals surface area contributed by atoms with Crippen LogP contribution in [0, 0.1) is 17.2 Å². The van der Waals surface area contributed by atoms with Crippen LogP contribution in [0.2, 0.25) is 0 Å². The lowest BCUT2D eigenvalue weighted by molar-refractivity contribution is 0.503. The van der Waals surface area contributed by atoms with E-state index in [-0.39, 0.29) is 0 Å². The van der Waals surface area contributed by atoms with Gasteiger partial charge in [-0.05, 0) is 37.3 Å². The van der Waals surface area contributed by atoms with Gasteiger partial charge in [-0.2, -0.15) is 5.26 Å². The van der Waals surface area contributed by atoms with Crippen LogP contribution in [0.1, 0.15) is 24.8 Å². The molecule has 1 aromatic heterocycles. The summed E-state index contributed by atoms with van der Waals surface area (Å²) in [6.45, 7) is 0.899. The highest BCUT2D eigenvalue weighted by Crippen LogP contribution is 2.19. The van der Waals surface area contributed by atoms with Gasteiger partial charge in [0.05, 0.1) is 5.56 Å². The van der Waals surface area contributed by atoms with Gasteiger partial charge in [-0.25, -0.2) is 4.98 Å². The predicted octanol–water partition coefficient (Wildman–Crippen LogP) is 2.72. The molecule has 2 rings (SSSR count). The lowest BCUT2D eigenvalue weighted by Crippen LogP contribution is -2.16. The molecule has 1 unspecified atom stereocenters. The van der Waals surface area contributed by atoms with E-state index in [1.54, 1.807) is 18.3 Å². The maximum atomic E-state index is 8.91. The molecule has 1 heterocycles. The van der Waals surface area contributed by atoms with Crippen LogP contribution in [0.15, 0.2) is 30.5 Å². The molecule has 1 aliphatic rings. The molecule has 0 fully saturated rings. The summed E-state index contributed by atoms with van der Waals surface area (Å²) in [6.07, 6.45) is 9.70. The Balaban J connectivity index is 1.94. The molecule has 0 saturated carbocycles. The van der Waals surface area contributed by atoms with Gasteiger partial charge in [0.1, 0.15) is 11.9 Å². The van der Waals surface area contributed by atoms with Gasteiger partial charge in [0.2, 0.25) is 0 Å². The molecular formula is C13H15N3. The fourth-order valence-electron chi connectivity index (χ4n) is 1.92. The molecule has 0 aliphatic heterocycles. The Labute approximate surface area is 95.8 Å². The first-order chi connectivity index (χ1) is 7.90. The third-order valence-corrected chi connectivity index (χ3v) is 2.86. The van der Waals surface area contributed by atoms with Crippen molar-refractivity contribution in [2.75, 3.05) is 11.9 Å². The molecular weight excluding hydrogens is 198 g/mol. The van der Waals surface area contributed by atoms with E-state index in [1.165, 1.54) is 12.8 Å². The number of hydrogen-bond acceptors (Lipinski definition) is 3. The Bertz CT molecular complexity index is 417. The van der Waals surface area contributed by atoms with E-state index in [0.717, 1.165) is 13.0 Å². The number of rotatable bonds is 3. The standard InChI is InChI=1S/C13H15N3/c14-9-12-7-4-8-15-13(12)16-10-11-5-2-1-3-6-11/h1-2,4,7-8,11H,3,5-6,10H2,(H,15,16). The number of pyridine rings is 1. The number of anilines is 1. The normalized spacial score (nSPS) is 19.1. The number of hydrogen-bond donors (Lipinski definition) is 1. The molecule has 0 spiro atoms. The molecule has 0 aromatic carbocycles. The van der Waals surface area contributed by atoms with Crippen LogP contribution in [0.25, 0.3) is 0 Å². The van der Waals surface area contributed by atoms with Crippen molar-refractivity contribution >= 4 is 5.82 Å². The predicted molar refractivity (Wildman–Crippen MR) is 63.9 cm³/mol. The van der Waals surface area contributed by atoms with E-state index >= 15 is 0 Å². The third-order valence-electron chi connectivity index (χ3n) is 2.86. The van der Waals surface area contributed by atoms with Crippen LogP contribution in [0.4, 0.5) is 5.82 Å². The average molecular weight is 213 g/mol. The van der Waals surface area contributed by atoms with Crippen LogP contribution in [0.3, 0.4) is 0 Å². The zero-order valence-corrected chi connectivity index (χ0v) is 9.19. The van der Waals surface area contributed by atoms with E-state index < -0.39 is 0 Å². The zero-order valence-electron chi connectivity index (χ0n) is 9.19. The van der Waals surface area contributed by atoms with Gasteiger partial charge < -0.3 is 5.32 Å². The van der Waals surface area contributed by atoms with E-state index in [9.17, 15) is 0 Å². The molecule has 3 heteroatoms. The SMILES string of the molecule is N#Cc1cccnc1NCC1CC=CCC1. The summed E-state index contributed by atoms with van der Waals surface area (Å²) in [5.41, 5.74) is 0.619. The maximum absolute atomic E-state index is 8.91. The van der Waals surface area contributed by atoms with Crippen molar-refractivity contribution in [3.05, 3.63) is 36.0 Å². The smallest absolute Gasteiger partial charge is 0.143 e. The second-order valence-electron chi connectivity index (χ2n) is 4.04. The molecule has 1 aliphatic carbocycles. The Kier molecular flexibility index (Phi) is 3.55. The lowest BCUT2D eigenvalue weighted by Gasteiger charge is -2.18. The second-order valence-corrected chi connectivity index (χ2v) is 4.04. The summed E-state index contributed by atoms with van der Waals surface area (Å²) >= 11 is 0. The molecule has 1 aromatic rings. The molecule has 0 saturated heterocycles. The summed E-state index contributed by atoms with van der Waals surface area (Å²) in [4.78, 5) is 4.18. The first-order valence-corrected chi connectivity index (χ1v) is 5.64. The van der Waals surface area contributed by atoms with Crippen LogP contribution in [-0.4, -0.2) is 11.5 Å². The molecule has 0 amide bonds. The van der Waals surface area contributed by atoms with Gasteiger partial charge in [-0.1, -0.05) is 12.2 Å². The summed E-state index contributed by atoms with van der Waals surface area (Å²) < 4.78 is 0. The molecule has 82 valence electrons. The van der Waals surface area contributed by atoms with Crippen LogP contribution in [0.5, 0.6) is 0 Å². The van der Waals surface area contributed by atoms with Crippen molar-refractivity contribution in [2.45, 2.75) is 19.3 Å². The molecule has 1 atom stereocenters. The number of allylic oxidation sites excluding steroid dienone is 2. The van der Waals surface area contributed by atoms with Crippen LogP contribution >= 0.6 is 0 Å². The van der Waals surface area contributed by atoms with Gasteiger partial charge in [0, 0.05) is 12.7 Å². The minimum Gasteiger partial charge on any atom is -0.369 e. The second kappa shape index (κ2) is 5.32. The van der Waals surface area contributed by atoms with Crippen molar-refractivity contribution < 1.29 is 0 Å². The van der Waals surface area contributed by atoms with Gasteiger partial charge in [0.25, 0.3) is 0 Å². The fourth-order valence-corrected chi connectivity index (χ4v) is 1.92. The third kappa shape index (κ3) is 2.60. The largest absolute Gasteiger partial charge is 0.369 e. The molecule has 1 N–H and O–H groups in total. The highest BCUT2D eigenvalue weighted by molar-refractivity contribution is 5.51. The van der Waals surface area contributed by atoms with Crippen molar-refractivity contribution in [1.82, 2.24) is 4.98 Å². The van der Waals surface area contributed by atoms with Gasteiger partial charge in [-0.15, -0.1) is 0 Å². The summed E-state index contributed by atoms with van der Waals surface area (Å²) in [7, 11) is 0. The van der Waals surface area contributed by atoms with Gasteiger partial charge in [0.15, 0.2) is 0 Å². The van der Waals surface area contributed by atoms with Gasteiger partial charge in [-0.3, -0.25) is 0 Å². The Morgan fingerprint density at radius 2 is 2.44 bits per heavy atom. The van der Waals surface area contributed by atoms with Crippen LogP contribution < -0.4 is 5.32 Å². The minimum atomic E-state index is 0.619. The fraction of sp³-hybridized carbons (Fsp3) is 0.385. The van der Waals surface area contributed by atoms with Crippen molar-refractivity contribution in [1.29, 1.82) is 5.26 Å². The topological polar surface area (TPSA) is 48.7 Å². The minimum absolute atomic E-state index is 0.619. The summed E-state index contributed by atoms with van der Waals surface area (Å²) in [6, 6.07) is 5.72. The van der Waals surface area contributed by atoms with E-state index in [4.69, 9.17) is 5.26 Å². The Morgan fingerprint density at radius 3 is 3.19 bits per heavy atom. The van der Waals surface area contributed by atoms with Gasteiger partial charge >= 0.3 is 0 Å². The quantitative estimate of drug-likeness (QED) is 0.785. The van der Waals surface area contributed by atoms with Crippen LogP contribution in [-0.2, 0) is 0 Å². The Morgan fingerprint density at radius 1 is 1.50 bits per heavy atom. The zero-order chi connectivity index (χ0) is 11.2. The van der Waals surface area contributed by atoms with E-state index in [1.807, 2.05) is 0 Å². The number of nitrogens with zero attached hydrogens (tertiary/aromatic N) is 2. The van der Waals surface area contributed by atoms with Crippen molar-refractivity contribution in [2.24, 2.45) is 5.92 Å². The Hall–Kier alpha value is -1.82. The number of nitrogens with one attached hydrogen (secondary N) is 1. The first kappa shape index (κ1) is 10.7. The molecule has 3 nitrogen and oxygen atoms in total. The molecule has 0 bridgehead atoms. The average Bonchev–Trinajstić information content (AvgIpc) is 2.38. The van der Waals surface area contributed by atoms with Crippen molar-refractivity contribution in [3.63, 3.8) is 0 Å². The lowest BCUT2D eigenvalue weighted by atomic mass is 9.94. The van der Waals surface area contributed by atoms with Crippen molar-refractivity contribution in [3.8, 4) is 6.07 Å². The van der Waals surface area contributed by atoms with E-state index in [0.29, 0.717) is 17.3 Å². The summed E-state index contributed by atoms with van der Waals surface area (Å²) in [5, 5.41) is 12.2. The summed E-state index contributed by atoms with van der Waals surface area (Å²) in [5.74, 6) is 1.37. The van der Waals surface area contributed by atoms with E-state index in [2.05, 4.69) is 28.5 Å². The number of aromatic nitrogens is 1. The number of nitriles is 1.